The van der Waals surface area contributed by atoms with Gasteiger partial charge in [-0.2, -0.15) is 0 Å². The molecule has 0 saturated heterocycles. The van der Waals surface area contributed by atoms with Crippen LogP contribution in [0.4, 0.5) is 0 Å². The predicted molar refractivity (Wildman–Crippen MR) is 113 cm³/mol. The Hall–Kier alpha value is -2.35. The van der Waals surface area contributed by atoms with Crippen molar-refractivity contribution in [2.75, 3.05) is 6.54 Å². The summed E-state index contributed by atoms with van der Waals surface area (Å²) in [6, 6.07) is 11.6. The number of rotatable bonds is 10. The molecule has 1 heterocycles. The maximum Gasteiger partial charge on any atom is 0.252 e. The molecule has 2 amide bonds. The largest absolute Gasteiger partial charge is 0.352 e. The molecule has 0 aliphatic rings. The van der Waals surface area contributed by atoms with Gasteiger partial charge in [0, 0.05) is 23.2 Å². The van der Waals surface area contributed by atoms with E-state index in [-0.39, 0.29) is 18.2 Å². The van der Waals surface area contributed by atoms with Crippen LogP contribution in [0.5, 0.6) is 0 Å². The van der Waals surface area contributed by atoms with Gasteiger partial charge in [0.2, 0.25) is 5.91 Å². The molecule has 142 valence electrons. The molecule has 0 unspecified atom stereocenters. The van der Waals surface area contributed by atoms with Crippen molar-refractivity contribution in [3.8, 4) is 0 Å². The highest BCUT2D eigenvalue weighted by molar-refractivity contribution is 7.79. The Morgan fingerprint density at radius 2 is 1.81 bits per heavy atom. The van der Waals surface area contributed by atoms with Gasteiger partial charge in [0.15, 0.2) is 0 Å². The molecular formula is C20H22N2O3S2. The average Bonchev–Trinajstić information content (AvgIpc) is 3.23. The molecule has 3 N–H and O–H groups in total. The number of carbonyl (C=O) groups excluding carboxylic acids is 2. The molecule has 0 atom stereocenters. The molecule has 7 heteroatoms. The van der Waals surface area contributed by atoms with Crippen molar-refractivity contribution in [1.82, 2.24) is 10.8 Å². The molecule has 1 aromatic heterocycles. The third-order valence-electron chi connectivity index (χ3n) is 3.91. The molecule has 2 rings (SSSR count). The minimum Gasteiger partial charge on any atom is -0.352 e. The van der Waals surface area contributed by atoms with E-state index in [4.69, 9.17) is 17.4 Å². The molecule has 27 heavy (non-hydrogen) atoms. The molecule has 0 bridgehead atoms. The molecule has 0 aliphatic carbocycles. The van der Waals surface area contributed by atoms with Gasteiger partial charge in [-0.15, -0.1) is 11.3 Å². The molecule has 0 spiro atoms. The van der Waals surface area contributed by atoms with Gasteiger partial charge < -0.3 is 5.32 Å². The molecule has 0 fully saturated rings. The number of unbranched alkanes of at least 4 members (excludes halogenated alkanes) is 2. The molecule has 0 aliphatic heterocycles. The van der Waals surface area contributed by atoms with Crippen LogP contribution < -0.4 is 10.8 Å². The minimum absolute atomic E-state index is 0.121. The maximum absolute atomic E-state index is 12.7. The van der Waals surface area contributed by atoms with Crippen LogP contribution in [0.25, 0.3) is 11.6 Å². The topological polar surface area (TPSA) is 78.4 Å². The van der Waals surface area contributed by atoms with Gasteiger partial charge in [-0.3, -0.25) is 14.8 Å². The van der Waals surface area contributed by atoms with Gasteiger partial charge in [-0.1, -0.05) is 49.0 Å². The van der Waals surface area contributed by atoms with Crippen molar-refractivity contribution < 1.29 is 14.8 Å². The first-order valence-corrected chi connectivity index (χ1v) is 10.0. The van der Waals surface area contributed by atoms with Gasteiger partial charge in [0.05, 0.1) is 5.57 Å². The van der Waals surface area contributed by atoms with Crippen LogP contribution in [0.15, 0.2) is 41.8 Å². The van der Waals surface area contributed by atoms with Crippen LogP contribution in [-0.2, 0) is 9.59 Å². The number of benzene rings is 1. The number of thiocarbonyl (C=S) groups is 1. The van der Waals surface area contributed by atoms with Gasteiger partial charge in [-0.05, 0) is 41.5 Å². The second-order valence-electron chi connectivity index (χ2n) is 5.92. The van der Waals surface area contributed by atoms with Crippen LogP contribution in [0.1, 0.15) is 41.7 Å². The lowest BCUT2D eigenvalue weighted by molar-refractivity contribution is -0.129. The fourth-order valence-electron chi connectivity index (χ4n) is 2.46. The number of thiophene rings is 1. The van der Waals surface area contributed by atoms with E-state index < -0.39 is 0 Å². The first-order chi connectivity index (χ1) is 13.1. The van der Waals surface area contributed by atoms with E-state index in [1.54, 1.807) is 10.8 Å². The van der Waals surface area contributed by atoms with E-state index in [1.165, 1.54) is 11.3 Å². The zero-order valence-electron chi connectivity index (χ0n) is 14.8. The number of hydroxylamine groups is 1. The number of amides is 2. The Bertz CT molecular complexity index is 784. The van der Waals surface area contributed by atoms with Crippen LogP contribution in [0.2, 0.25) is 0 Å². The number of hydrogen-bond acceptors (Lipinski definition) is 5. The average molecular weight is 403 g/mol. The number of hydrogen-bond donors (Lipinski definition) is 3. The third kappa shape index (κ3) is 7.05. The highest BCUT2D eigenvalue weighted by Gasteiger charge is 2.13. The zero-order chi connectivity index (χ0) is 19.5. The molecule has 2 aromatic rings. The Morgan fingerprint density at radius 1 is 1.07 bits per heavy atom. The monoisotopic (exact) mass is 402 g/mol. The van der Waals surface area contributed by atoms with Crippen LogP contribution in [-0.4, -0.2) is 28.9 Å². The van der Waals surface area contributed by atoms with Crippen LogP contribution in [0.3, 0.4) is 0 Å². The predicted octanol–water partition coefficient (Wildman–Crippen LogP) is 3.82. The first-order valence-electron chi connectivity index (χ1n) is 8.66. The Balaban J connectivity index is 1.95. The summed E-state index contributed by atoms with van der Waals surface area (Å²) < 4.78 is 0. The SMILES string of the molecule is O=C(CCCCCNC(=O)/C(=C/c1ccc(C=S)cc1)c1cccs1)NO. The smallest absolute Gasteiger partial charge is 0.252 e. The molecular weight excluding hydrogens is 380 g/mol. The lowest BCUT2D eigenvalue weighted by Gasteiger charge is -2.08. The fourth-order valence-corrected chi connectivity index (χ4v) is 3.35. The fraction of sp³-hybridized carbons (Fsp3) is 0.250. The van der Waals surface area contributed by atoms with E-state index >= 15 is 0 Å². The summed E-state index contributed by atoms with van der Waals surface area (Å²) in [5.41, 5.74) is 4.13. The molecule has 0 radical (unpaired) electrons. The standard InChI is InChI=1S/C20H22N2O3S2/c23-19(22-25)6-2-1-3-11-21-20(24)17(18-5-4-12-27-18)13-15-7-9-16(14-26)10-8-15/h4-5,7-10,12-14,25H,1-3,6,11H2,(H,21,24)(H,22,23)/b17-13+. The van der Waals surface area contributed by atoms with E-state index in [0.717, 1.165) is 28.8 Å². The highest BCUT2D eigenvalue weighted by atomic mass is 32.1. The van der Waals surface area contributed by atoms with Gasteiger partial charge >= 0.3 is 0 Å². The second-order valence-corrected chi connectivity index (χ2v) is 7.10. The molecule has 1 aromatic carbocycles. The van der Waals surface area contributed by atoms with Crippen molar-refractivity contribution in [2.45, 2.75) is 25.7 Å². The first kappa shape index (κ1) is 21.0. The quantitative estimate of drug-likeness (QED) is 0.186. The maximum atomic E-state index is 12.7. The normalized spacial score (nSPS) is 11.1. The van der Waals surface area contributed by atoms with Gasteiger partial charge in [0.25, 0.3) is 5.91 Å². The summed E-state index contributed by atoms with van der Waals surface area (Å²) in [7, 11) is 0. The summed E-state index contributed by atoms with van der Waals surface area (Å²) >= 11 is 6.44. The third-order valence-corrected chi connectivity index (χ3v) is 5.08. The number of carbonyl (C=O) groups is 2. The minimum atomic E-state index is -0.387. The van der Waals surface area contributed by atoms with Crippen molar-refractivity contribution in [3.05, 3.63) is 57.8 Å². The van der Waals surface area contributed by atoms with E-state index in [0.29, 0.717) is 18.5 Å². The summed E-state index contributed by atoms with van der Waals surface area (Å²) in [5.74, 6) is -0.508. The van der Waals surface area contributed by atoms with E-state index in [1.807, 2.05) is 47.9 Å². The Labute approximate surface area is 168 Å². The Kier molecular flexibility index (Phi) is 8.83. The van der Waals surface area contributed by atoms with Crippen molar-refractivity contribution >= 4 is 52.4 Å². The zero-order valence-corrected chi connectivity index (χ0v) is 16.4. The summed E-state index contributed by atoms with van der Waals surface area (Å²) in [6.45, 7) is 0.534. The second kappa shape index (κ2) is 11.4. The van der Waals surface area contributed by atoms with Crippen molar-refractivity contribution in [3.63, 3.8) is 0 Å². The van der Waals surface area contributed by atoms with Gasteiger partial charge in [0.1, 0.15) is 0 Å². The summed E-state index contributed by atoms with van der Waals surface area (Å²) in [6.07, 6.45) is 4.39. The summed E-state index contributed by atoms with van der Waals surface area (Å²) in [4.78, 5) is 24.5. The highest BCUT2D eigenvalue weighted by Crippen LogP contribution is 2.23. The van der Waals surface area contributed by atoms with Crippen molar-refractivity contribution in [2.24, 2.45) is 0 Å². The van der Waals surface area contributed by atoms with E-state index in [9.17, 15) is 9.59 Å². The Morgan fingerprint density at radius 3 is 2.44 bits per heavy atom. The molecule has 0 saturated carbocycles. The molecule has 5 nitrogen and oxygen atoms in total. The van der Waals surface area contributed by atoms with Crippen molar-refractivity contribution in [1.29, 1.82) is 0 Å². The lowest BCUT2D eigenvalue weighted by Crippen LogP contribution is -2.25. The van der Waals surface area contributed by atoms with Crippen LogP contribution >= 0.6 is 23.6 Å². The summed E-state index contributed by atoms with van der Waals surface area (Å²) in [5, 5.41) is 14.9. The lowest BCUT2D eigenvalue weighted by atomic mass is 10.1. The number of nitrogens with one attached hydrogen (secondary N) is 2. The van der Waals surface area contributed by atoms with Gasteiger partial charge in [-0.25, -0.2) is 5.48 Å². The van der Waals surface area contributed by atoms with E-state index in [2.05, 4.69) is 5.32 Å². The van der Waals surface area contributed by atoms with Crippen LogP contribution in [0, 0.1) is 0 Å².